The number of nitrogens with zero attached hydrogens (tertiary/aromatic N) is 2. The van der Waals surface area contributed by atoms with E-state index in [1.165, 1.54) is 6.92 Å². The van der Waals surface area contributed by atoms with E-state index < -0.39 is 5.97 Å². The van der Waals surface area contributed by atoms with Gasteiger partial charge in [0.15, 0.2) is 0 Å². The zero-order valence-corrected chi connectivity index (χ0v) is 15.1. The van der Waals surface area contributed by atoms with Crippen molar-refractivity contribution in [2.24, 2.45) is 0 Å². The minimum absolute atomic E-state index is 0.00732. The number of benzene rings is 1. The topological polar surface area (TPSA) is 109 Å². The smallest absolute Gasteiger partial charge is 0.343 e. The third kappa shape index (κ3) is 5.07. The molecule has 0 spiro atoms. The summed E-state index contributed by atoms with van der Waals surface area (Å²) < 4.78 is 10.3. The van der Waals surface area contributed by atoms with Gasteiger partial charge >= 0.3 is 5.97 Å². The van der Waals surface area contributed by atoms with Crippen LogP contribution in [0.15, 0.2) is 45.2 Å². The Balaban J connectivity index is 2.10. The lowest BCUT2D eigenvalue weighted by Crippen LogP contribution is -2.16. The van der Waals surface area contributed by atoms with E-state index >= 15 is 0 Å². The Hall–Kier alpha value is -2.32. The minimum atomic E-state index is -0.736. The molecule has 0 aliphatic heterocycles. The number of esters is 1. The number of hydrogen-bond donors (Lipinski definition) is 2. The fourth-order valence-corrected chi connectivity index (χ4v) is 2.64. The van der Waals surface area contributed by atoms with Crippen molar-refractivity contribution < 1.29 is 19.1 Å². The molecule has 0 bridgehead atoms. The molecule has 7 nitrogen and oxygen atoms in total. The van der Waals surface area contributed by atoms with Gasteiger partial charge in [0, 0.05) is 16.3 Å². The number of halogens is 1. The van der Waals surface area contributed by atoms with Gasteiger partial charge in [0.2, 0.25) is 5.89 Å². The number of aromatic nitrogens is 2. The Kier molecular flexibility index (Phi) is 6.60. The van der Waals surface area contributed by atoms with Crippen LogP contribution in [0.2, 0.25) is 5.02 Å². The fraction of sp³-hybridized carbons (Fsp3) is 0.250. The van der Waals surface area contributed by atoms with E-state index in [2.05, 4.69) is 10.2 Å². The number of nitrogens with one attached hydrogen (secondary N) is 1. The fourth-order valence-electron chi connectivity index (χ4n) is 1.87. The number of aliphatic hydroxyl groups is 1. The molecule has 0 unspecified atom stereocenters. The average Bonchev–Trinajstić information content (AvgIpc) is 3.02. The molecule has 25 heavy (non-hydrogen) atoms. The molecule has 9 heteroatoms. The molecular formula is C16H16ClN3O4S. The SMILES string of the molecule is CCOC(=O)/C(C(C)=N)=C(/O)CSc1nnc(-c2ccc(Cl)cc2)o1. The summed E-state index contributed by atoms with van der Waals surface area (Å²) in [7, 11) is 0. The van der Waals surface area contributed by atoms with Crippen molar-refractivity contribution in [3.05, 3.63) is 40.6 Å². The Morgan fingerprint density at radius 2 is 2.04 bits per heavy atom. The van der Waals surface area contributed by atoms with Gasteiger partial charge in [-0.15, -0.1) is 10.2 Å². The summed E-state index contributed by atoms with van der Waals surface area (Å²) in [4.78, 5) is 11.8. The molecule has 2 N–H and O–H groups in total. The molecule has 0 saturated heterocycles. The molecule has 0 amide bonds. The molecule has 2 aromatic rings. The van der Waals surface area contributed by atoms with Gasteiger partial charge in [-0.2, -0.15) is 0 Å². The normalized spacial score (nSPS) is 11.8. The summed E-state index contributed by atoms with van der Waals surface area (Å²) in [5, 5.41) is 26.4. The van der Waals surface area contributed by atoms with Gasteiger partial charge in [-0.3, -0.25) is 0 Å². The van der Waals surface area contributed by atoms with Gasteiger partial charge in [-0.1, -0.05) is 23.4 Å². The molecule has 132 valence electrons. The molecule has 0 radical (unpaired) electrons. The van der Waals surface area contributed by atoms with E-state index in [4.69, 9.17) is 26.2 Å². The van der Waals surface area contributed by atoms with Gasteiger partial charge in [0.25, 0.3) is 5.22 Å². The average molecular weight is 382 g/mol. The van der Waals surface area contributed by atoms with Crippen molar-refractivity contribution in [3.8, 4) is 11.5 Å². The zero-order valence-electron chi connectivity index (χ0n) is 13.6. The van der Waals surface area contributed by atoms with Crippen LogP contribution in [0.25, 0.3) is 11.5 Å². The molecule has 1 aromatic carbocycles. The van der Waals surface area contributed by atoms with Crippen LogP contribution >= 0.6 is 23.4 Å². The first-order valence-electron chi connectivity index (χ1n) is 7.29. The number of carbonyl (C=O) groups is 1. The van der Waals surface area contributed by atoms with Crippen molar-refractivity contribution >= 4 is 35.0 Å². The third-order valence-electron chi connectivity index (χ3n) is 2.97. The Morgan fingerprint density at radius 3 is 2.64 bits per heavy atom. The van der Waals surface area contributed by atoms with Gasteiger partial charge in [-0.05, 0) is 38.1 Å². The highest BCUT2D eigenvalue weighted by atomic mass is 35.5. The highest BCUT2D eigenvalue weighted by molar-refractivity contribution is 7.99. The monoisotopic (exact) mass is 381 g/mol. The maximum absolute atomic E-state index is 11.8. The lowest BCUT2D eigenvalue weighted by Gasteiger charge is -2.08. The van der Waals surface area contributed by atoms with Crippen LogP contribution < -0.4 is 0 Å². The second-order valence-electron chi connectivity index (χ2n) is 4.84. The molecule has 1 aromatic heterocycles. The first-order chi connectivity index (χ1) is 11.9. The summed E-state index contributed by atoms with van der Waals surface area (Å²) in [6.07, 6.45) is 0. The maximum Gasteiger partial charge on any atom is 0.343 e. The molecular weight excluding hydrogens is 366 g/mol. The van der Waals surface area contributed by atoms with Gasteiger partial charge in [-0.25, -0.2) is 4.79 Å². The standard InChI is InChI=1S/C16H16ClN3O4S/c1-3-23-15(22)13(9(2)18)12(21)8-25-16-20-19-14(24-16)10-4-6-11(17)7-5-10/h4-7,18,21H,3,8H2,1-2H3/b13-12+,18-9?. The quantitative estimate of drug-likeness (QED) is 0.246. The number of rotatable bonds is 7. The zero-order chi connectivity index (χ0) is 18.4. The highest BCUT2D eigenvalue weighted by Crippen LogP contribution is 2.25. The number of thioether (sulfide) groups is 1. The van der Waals surface area contributed by atoms with E-state index in [0.717, 1.165) is 11.8 Å². The van der Waals surface area contributed by atoms with Crippen LogP contribution in [-0.4, -0.2) is 39.3 Å². The second kappa shape index (κ2) is 8.68. The van der Waals surface area contributed by atoms with Crippen molar-refractivity contribution in [1.82, 2.24) is 10.2 Å². The molecule has 0 aliphatic carbocycles. The first-order valence-corrected chi connectivity index (χ1v) is 8.65. The van der Waals surface area contributed by atoms with Crippen LogP contribution in [0, 0.1) is 5.41 Å². The van der Waals surface area contributed by atoms with E-state index in [1.807, 2.05) is 0 Å². The highest BCUT2D eigenvalue weighted by Gasteiger charge is 2.20. The Labute approximate surface area is 153 Å². The van der Waals surface area contributed by atoms with Crippen molar-refractivity contribution in [1.29, 1.82) is 5.41 Å². The predicted molar refractivity (Wildman–Crippen MR) is 95.2 cm³/mol. The lowest BCUT2D eigenvalue weighted by atomic mass is 10.1. The van der Waals surface area contributed by atoms with Gasteiger partial charge in [0.05, 0.1) is 12.4 Å². The predicted octanol–water partition coefficient (Wildman–Crippen LogP) is 3.90. The molecule has 0 saturated carbocycles. The van der Waals surface area contributed by atoms with Crippen LogP contribution in [-0.2, 0) is 9.53 Å². The number of aliphatic hydroxyl groups excluding tert-OH is 1. The van der Waals surface area contributed by atoms with Crippen molar-refractivity contribution in [2.75, 3.05) is 12.4 Å². The van der Waals surface area contributed by atoms with Crippen molar-refractivity contribution in [2.45, 2.75) is 19.1 Å². The van der Waals surface area contributed by atoms with E-state index in [-0.39, 0.29) is 34.6 Å². The van der Waals surface area contributed by atoms with Gasteiger partial charge < -0.3 is 19.7 Å². The Morgan fingerprint density at radius 1 is 1.36 bits per heavy atom. The lowest BCUT2D eigenvalue weighted by molar-refractivity contribution is -0.138. The van der Waals surface area contributed by atoms with Crippen LogP contribution in [0.3, 0.4) is 0 Å². The summed E-state index contributed by atoms with van der Waals surface area (Å²) in [5.41, 5.74) is 0.474. The summed E-state index contributed by atoms with van der Waals surface area (Å²) in [6, 6.07) is 6.92. The van der Waals surface area contributed by atoms with Crippen molar-refractivity contribution in [3.63, 3.8) is 0 Å². The molecule has 2 rings (SSSR count). The first kappa shape index (κ1) is 19.0. The maximum atomic E-state index is 11.8. The molecule has 0 fully saturated rings. The number of ether oxygens (including phenoxy) is 1. The molecule has 0 atom stereocenters. The summed E-state index contributed by atoms with van der Waals surface area (Å²) in [6.45, 7) is 3.21. The van der Waals surface area contributed by atoms with Crippen LogP contribution in [0.4, 0.5) is 0 Å². The van der Waals surface area contributed by atoms with Crippen LogP contribution in [0.5, 0.6) is 0 Å². The minimum Gasteiger partial charge on any atom is -0.510 e. The van der Waals surface area contributed by atoms with E-state index in [1.54, 1.807) is 31.2 Å². The number of carbonyl (C=O) groups excluding carboxylic acids is 1. The van der Waals surface area contributed by atoms with Gasteiger partial charge in [0.1, 0.15) is 11.3 Å². The van der Waals surface area contributed by atoms with E-state index in [9.17, 15) is 9.90 Å². The molecule has 0 aliphatic rings. The third-order valence-corrected chi connectivity index (χ3v) is 4.05. The largest absolute Gasteiger partial charge is 0.510 e. The van der Waals surface area contributed by atoms with Crippen LogP contribution in [0.1, 0.15) is 13.8 Å². The number of hydrogen-bond acceptors (Lipinski definition) is 8. The Bertz CT molecular complexity index is 802. The summed E-state index contributed by atoms with van der Waals surface area (Å²) >= 11 is 6.88. The second-order valence-corrected chi connectivity index (χ2v) is 6.20. The molecule has 1 heterocycles. The summed E-state index contributed by atoms with van der Waals surface area (Å²) in [5.74, 6) is -0.703. The van der Waals surface area contributed by atoms with E-state index in [0.29, 0.717) is 16.5 Å².